The maximum atomic E-state index is 5.59. The van der Waals surface area contributed by atoms with Crippen molar-refractivity contribution in [3.63, 3.8) is 0 Å². The number of fused-ring (bicyclic) bond motifs is 2. The summed E-state index contributed by atoms with van der Waals surface area (Å²) in [6, 6.07) is 1.29. The Morgan fingerprint density at radius 1 is 1.00 bits per heavy atom. The molecule has 3 unspecified atom stereocenters. The Morgan fingerprint density at radius 2 is 1.84 bits per heavy atom. The van der Waals surface area contributed by atoms with Gasteiger partial charge in [0, 0.05) is 18.0 Å². The van der Waals surface area contributed by atoms with Crippen molar-refractivity contribution in [1.82, 2.24) is 15.5 Å². The van der Waals surface area contributed by atoms with Crippen molar-refractivity contribution in [3.8, 4) is 0 Å². The molecule has 2 saturated heterocycles. The van der Waals surface area contributed by atoms with Gasteiger partial charge in [0.25, 0.3) is 0 Å². The van der Waals surface area contributed by atoms with Gasteiger partial charge >= 0.3 is 0 Å². The van der Waals surface area contributed by atoms with Gasteiger partial charge in [0.05, 0.1) is 5.92 Å². The molecule has 3 aliphatic rings. The summed E-state index contributed by atoms with van der Waals surface area (Å²) in [5.74, 6) is 2.91. The van der Waals surface area contributed by atoms with Gasteiger partial charge < -0.3 is 9.84 Å². The van der Waals surface area contributed by atoms with Crippen LogP contribution in [0.25, 0.3) is 0 Å². The minimum atomic E-state index is 0.478. The molecular formula is C15H23N3O. The highest BCUT2D eigenvalue weighted by Crippen LogP contribution is 2.40. The lowest BCUT2D eigenvalue weighted by Gasteiger charge is -2.15. The van der Waals surface area contributed by atoms with Crippen LogP contribution < -0.4 is 5.32 Å². The number of aromatic nitrogens is 2. The molecule has 3 fully saturated rings. The van der Waals surface area contributed by atoms with Crippen LogP contribution in [0.3, 0.4) is 0 Å². The third kappa shape index (κ3) is 2.20. The Hall–Kier alpha value is -0.900. The van der Waals surface area contributed by atoms with E-state index in [4.69, 9.17) is 9.51 Å². The van der Waals surface area contributed by atoms with E-state index in [9.17, 15) is 0 Å². The Kier molecular flexibility index (Phi) is 3.06. The molecule has 1 saturated carbocycles. The zero-order valence-electron chi connectivity index (χ0n) is 11.5. The van der Waals surface area contributed by atoms with Crippen molar-refractivity contribution >= 4 is 0 Å². The van der Waals surface area contributed by atoms with E-state index in [0.29, 0.717) is 23.9 Å². The molecule has 0 amide bonds. The predicted molar refractivity (Wildman–Crippen MR) is 72.0 cm³/mol. The summed E-state index contributed by atoms with van der Waals surface area (Å²) >= 11 is 0. The number of rotatable bonds is 2. The molecule has 4 rings (SSSR count). The molecule has 1 N–H and O–H groups in total. The maximum absolute atomic E-state index is 5.59. The standard InChI is InChI=1S/C15H23N3O/c1-2-4-6-10(5-3-1)14-17-15(19-18-14)12-9-11-7-8-13(12)16-11/h10-13,16H,1-9H2. The third-order valence-corrected chi connectivity index (χ3v) is 5.30. The highest BCUT2D eigenvalue weighted by atomic mass is 16.5. The molecule has 104 valence electrons. The van der Waals surface area contributed by atoms with Crippen LogP contribution in [0.1, 0.15) is 81.3 Å². The normalized spacial score (nSPS) is 35.7. The van der Waals surface area contributed by atoms with E-state index in [1.807, 2.05) is 0 Å². The summed E-state index contributed by atoms with van der Waals surface area (Å²) in [7, 11) is 0. The van der Waals surface area contributed by atoms with Gasteiger partial charge in [0.2, 0.25) is 5.89 Å². The van der Waals surface area contributed by atoms with Crippen molar-refractivity contribution in [1.29, 1.82) is 0 Å². The SMILES string of the molecule is C1CCCC(c2noc(C3CC4CCC3N4)n2)CC1. The van der Waals surface area contributed by atoms with Gasteiger partial charge in [-0.3, -0.25) is 0 Å². The number of nitrogens with zero attached hydrogens (tertiary/aromatic N) is 2. The zero-order valence-corrected chi connectivity index (χ0v) is 11.5. The smallest absolute Gasteiger partial charge is 0.231 e. The van der Waals surface area contributed by atoms with Crippen LogP contribution in [0.5, 0.6) is 0 Å². The van der Waals surface area contributed by atoms with E-state index >= 15 is 0 Å². The summed E-state index contributed by atoms with van der Waals surface area (Å²) < 4.78 is 5.59. The predicted octanol–water partition coefficient (Wildman–Crippen LogP) is 3.12. The largest absolute Gasteiger partial charge is 0.339 e. The fourth-order valence-electron chi connectivity index (χ4n) is 4.20. The van der Waals surface area contributed by atoms with Crippen LogP contribution in [-0.4, -0.2) is 22.2 Å². The first-order valence-electron chi connectivity index (χ1n) is 8.00. The molecule has 3 atom stereocenters. The van der Waals surface area contributed by atoms with Crippen molar-refractivity contribution < 1.29 is 4.52 Å². The van der Waals surface area contributed by atoms with Gasteiger partial charge in [-0.05, 0) is 32.1 Å². The van der Waals surface area contributed by atoms with Crippen molar-refractivity contribution in [2.75, 3.05) is 0 Å². The summed E-state index contributed by atoms with van der Waals surface area (Å²) in [6.45, 7) is 0. The van der Waals surface area contributed by atoms with Gasteiger partial charge in [0.1, 0.15) is 0 Å². The quantitative estimate of drug-likeness (QED) is 0.831. The minimum Gasteiger partial charge on any atom is -0.339 e. The highest BCUT2D eigenvalue weighted by molar-refractivity contribution is 5.11. The first-order chi connectivity index (χ1) is 9.40. The van der Waals surface area contributed by atoms with E-state index in [2.05, 4.69) is 10.5 Å². The van der Waals surface area contributed by atoms with E-state index in [1.54, 1.807) is 0 Å². The topological polar surface area (TPSA) is 51.0 Å². The second-order valence-electron chi connectivity index (χ2n) is 6.57. The molecule has 0 radical (unpaired) electrons. The Morgan fingerprint density at radius 3 is 2.53 bits per heavy atom. The highest BCUT2D eigenvalue weighted by Gasteiger charge is 2.42. The lowest BCUT2D eigenvalue weighted by atomic mass is 9.89. The molecule has 1 aromatic rings. The average molecular weight is 261 g/mol. The molecule has 3 heterocycles. The minimum absolute atomic E-state index is 0.478. The van der Waals surface area contributed by atoms with Crippen LogP contribution in [0, 0.1) is 0 Å². The van der Waals surface area contributed by atoms with Crippen LogP contribution in [0.2, 0.25) is 0 Å². The summed E-state index contributed by atoms with van der Waals surface area (Å²) in [5, 5.41) is 7.94. The van der Waals surface area contributed by atoms with E-state index in [1.165, 1.54) is 57.8 Å². The Balaban J connectivity index is 1.49. The monoisotopic (exact) mass is 261 g/mol. The summed E-state index contributed by atoms with van der Waals surface area (Å²) in [5.41, 5.74) is 0. The number of nitrogens with one attached hydrogen (secondary N) is 1. The second kappa shape index (κ2) is 4.89. The van der Waals surface area contributed by atoms with E-state index in [-0.39, 0.29) is 0 Å². The van der Waals surface area contributed by atoms with Crippen molar-refractivity contribution in [3.05, 3.63) is 11.7 Å². The van der Waals surface area contributed by atoms with Crippen molar-refractivity contribution in [2.45, 2.75) is 81.7 Å². The molecule has 2 aliphatic heterocycles. The van der Waals surface area contributed by atoms with Gasteiger partial charge in [-0.15, -0.1) is 0 Å². The van der Waals surface area contributed by atoms with Crippen LogP contribution >= 0.6 is 0 Å². The fraction of sp³-hybridized carbons (Fsp3) is 0.867. The molecule has 0 spiro atoms. The molecule has 4 heteroatoms. The van der Waals surface area contributed by atoms with Gasteiger partial charge in [0.15, 0.2) is 5.82 Å². The van der Waals surface area contributed by atoms with Crippen LogP contribution in [-0.2, 0) is 0 Å². The van der Waals surface area contributed by atoms with E-state index < -0.39 is 0 Å². The molecule has 19 heavy (non-hydrogen) atoms. The maximum Gasteiger partial charge on any atom is 0.231 e. The second-order valence-corrected chi connectivity index (χ2v) is 6.57. The molecule has 2 bridgehead atoms. The number of hydrogen-bond donors (Lipinski definition) is 1. The Bertz CT molecular complexity index is 436. The van der Waals surface area contributed by atoms with Gasteiger partial charge in [-0.25, -0.2) is 0 Å². The van der Waals surface area contributed by atoms with Gasteiger partial charge in [-0.1, -0.05) is 30.8 Å². The third-order valence-electron chi connectivity index (χ3n) is 5.30. The first-order valence-corrected chi connectivity index (χ1v) is 8.00. The number of hydrogen-bond acceptors (Lipinski definition) is 4. The molecule has 4 nitrogen and oxygen atoms in total. The summed E-state index contributed by atoms with van der Waals surface area (Å²) in [4.78, 5) is 4.76. The lowest BCUT2D eigenvalue weighted by Crippen LogP contribution is -2.21. The average Bonchev–Trinajstić information content (AvgIpc) is 3.11. The fourth-order valence-corrected chi connectivity index (χ4v) is 4.20. The first kappa shape index (κ1) is 11.9. The zero-order chi connectivity index (χ0) is 12.7. The van der Waals surface area contributed by atoms with E-state index in [0.717, 1.165) is 11.7 Å². The molecular weight excluding hydrogens is 238 g/mol. The molecule has 0 aromatic carbocycles. The molecule has 1 aliphatic carbocycles. The lowest BCUT2D eigenvalue weighted by molar-refractivity contribution is 0.324. The molecule has 1 aromatic heterocycles. The van der Waals surface area contributed by atoms with Crippen LogP contribution in [0.15, 0.2) is 4.52 Å². The summed E-state index contributed by atoms with van der Waals surface area (Å²) in [6.07, 6.45) is 11.7. The Labute approximate surface area is 114 Å². The van der Waals surface area contributed by atoms with Crippen LogP contribution in [0.4, 0.5) is 0 Å². The van der Waals surface area contributed by atoms with Gasteiger partial charge in [-0.2, -0.15) is 4.98 Å². The van der Waals surface area contributed by atoms with Crippen molar-refractivity contribution in [2.24, 2.45) is 0 Å².